The smallest absolute Gasteiger partial charge is 0.411 e. The molecule has 4 heteroatoms. The zero-order valence-corrected chi connectivity index (χ0v) is 11.7. The molecule has 0 amide bonds. The van der Waals surface area contributed by atoms with Gasteiger partial charge in [0.1, 0.15) is 5.76 Å². The molecule has 0 radical (unpaired) electrons. The Morgan fingerprint density at radius 2 is 2.00 bits per heavy atom. The van der Waals surface area contributed by atoms with Gasteiger partial charge in [0.25, 0.3) is 0 Å². The first-order valence-corrected chi connectivity index (χ1v) is 7.64. The molecule has 1 aromatic rings. The van der Waals surface area contributed by atoms with Gasteiger partial charge in [-0.2, -0.15) is 0 Å². The van der Waals surface area contributed by atoms with Crippen LogP contribution in [0.4, 0.5) is 0 Å². The molecular formula is C14H19O3P. The van der Waals surface area contributed by atoms with E-state index in [4.69, 9.17) is 14.5 Å². The fraction of sp³-hybridized carbons (Fsp3) is 0.429. The molecule has 0 aliphatic carbocycles. The summed E-state index contributed by atoms with van der Waals surface area (Å²) in [5.41, 5.74) is 0.934. The molecule has 1 aliphatic rings. The Labute approximate surface area is 114 Å². The van der Waals surface area contributed by atoms with Crippen molar-refractivity contribution in [2.24, 2.45) is 0 Å². The average molecular weight is 270 g/mol. The maximum Gasteiger partial charge on any atom is 0.411 e. The van der Waals surface area contributed by atoms with Crippen molar-refractivity contribution in [2.45, 2.75) is 33.6 Å². The number of hydrogen-bond acceptors (Lipinski definition) is 3. The predicted octanol–water partition coefficient (Wildman–Crippen LogP) is 4.10. The first-order valence-electron chi connectivity index (χ1n) is 8.09. The van der Waals surface area contributed by atoms with Crippen LogP contribution in [0.15, 0.2) is 29.9 Å². The fourth-order valence-corrected chi connectivity index (χ4v) is 3.83. The first-order chi connectivity index (χ1) is 10.3. The maximum absolute atomic E-state index is 13.1. The molecule has 1 unspecified atom stereocenters. The fourth-order valence-electron chi connectivity index (χ4n) is 2.03. The van der Waals surface area contributed by atoms with Crippen LogP contribution in [0, 0.1) is 0 Å². The number of benzene rings is 1. The van der Waals surface area contributed by atoms with Crippen LogP contribution in [0.1, 0.15) is 44.7 Å². The van der Waals surface area contributed by atoms with Crippen LogP contribution in [0.3, 0.4) is 0 Å². The van der Waals surface area contributed by atoms with E-state index >= 15 is 0 Å². The highest BCUT2D eigenvalue weighted by atomic mass is 31.2. The molecule has 1 aliphatic heterocycles. The first kappa shape index (κ1) is 8.95. The van der Waals surface area contributed by atoms with Gasteiger partial charge < -0.3 is 4.52 Å². The number of fused-ring (bicyclic) bond motifs is 1. The van der Waals surface area contributed by atoms with E-state index in [-0.39, 0.29) is 35.6 Å². The van der Waals surface area contributed by atoms with Crippen molar-refractivity contribution in [2.75, 3.05) is 6.61 Å². The zero-order chi connectivity index (χ0) is 16.7. The van der Waals surface area contributed by atoms with Crippen molar-refractivity contribution in [3.8, 4) is 0 Å². The van der Waals surface area contributed by atoms with Crippen molar-refractivity contribution in [3.05, 3.63) is 35.5 Å². The van der Waals surface area contributed by atoms with Crippen molar-refractivity contribution in [1.29, 1.82) is 0 Å². The molecule has 0 saturated carbocycles. The Kier molecular flexibility index (Phi) is 2.63. The van der Waals surface area contributed by atoms with Crippen molar-refractivity contribution in [1.82, 2.24) is 0 Å². The second kappa shape index (κ2) is 5.29. The summed E-state index contributed by atoms with van der Waals surface area (Å²) in [5.74, 6) is 0.469. The van der Waals surface area contributed by atoms with Crippen LogP contribution in [-0.4, -0.2) is 6.61 Å². The summed E-state index contributed by atoms with van der Waals surface area (Å²) in [4.78, 5) is 0. The Balaban J connectivity index is 2.94. The predicted molar refractivity (Wildman–Crippen MR) is 73.9 cm³/mol. The van der Waals surface area contributed by atoms with Crippen LogP contribution in [0.5, 0.6) is 0 Å². The third kappa shape index (κ3) is 2.13. The summed E-state index contributed by atoms with van der Waals surface area (Å²) in [6, 6.07) is -1.31. The summed E-state index contributed by atoms with van der Waals surface area (Å²) >= 11 is 0. The van der Waals surface area contributed by atoms with Crippen molar-refractivity contribution in [3.63, 3.8) is 0 Å². The van der Waals surface area contributed by atoms with Gasteiger partial charge in [-0.05, 0) is 30.5 Å². The standard InChI is InChI=1S/C14H19O3P/c1-4-11-12-9-7-8-10-14(12)18(15,16-6-3)17-13(11)5-2/h7-10H,4-6H2,1-3H3/i7D,8D,9D,10D. The summed E-state index contributed by atoms with van der Waals surface area (Å²) in [6.45, 7) is 5.51. The maximum atomic E-state index is 13.1. The van der Waals surface area contributed by atoms with Gasteiger partial charge in [-0.15, -0.1) is 0 Å². The molecule has 2 rings (SSSR count). The third-order valence-corrected chi connectivity index (χ3v) is 4.73. The molecule has 0 N–H and O–H groups in total. The monoisotopic (exact) mass is 270 g/mol. The molecule has 0 fully saturated rings. The van der Waals surface area contributed by atoms with E-state index in [1.807, 2.05) is 13.8 Å². The van der Waals surface area contributed by atoms with Gasteiger partial charge in [-0.25, -0.2) is 4.57 Å². The number of rotatable bonds is 4. The molecule has 3 nitrogen and oxygen atoms in total. The van der Waals surface area contributed by atoms with Gasteiger partial charge in [0.2, 0.25) is 0 Å². The van der Waals surface area contributed by atoms with Gasteiger partial charge in [0.15, 0.2) is 0 Å². The van der Waals surface area contributed by atoms with Crippen LogP contribution in [0.25, 0.3) is 5.57 Å². The molecule has 1 atom stereocenters. The van der Waals surface area contributed by atoms with Crippen LogP contribution in [0.2, 0.25) is 0 Å². The summed E-state index contributed by atoms with van der Waals surface area (Å²) < 4.78 is 55.9. The van der Waals surface area contributed by atoms with Crippen molar-refractivity contribution < 1.29 is 19.1 Å². The molecule has 0 aromatic heterocycles. The van der Waals surface area contributed by atoms with Crippen LogP contribution >= 0.6 is 7.60 Å². The van der Waals surface area contributed by atoms with E-state index in [2.05, 4.69) is 0 Å². The van der Waals surface area contributed by atoms with E-state index in [1.54, 1.807) is 6.92 Å². The quantitative estimate of drug-likeness (QED) is 0.772. The van der Waals surface area contributed by atoms with E-state index < -0.39 is 13.6 Å². The minimum Gasteiger partial charge on any atom is -0.425 e. The lowest BCUT2D eigenvalue weighted by Gasteiger charge is -2.29. The summed E-state index contributed by atoms with van der Waals surface area (Å²) in [7, 11) is -3.81. The molecular weight excluding hydrogens is 247 g/mol. The lowest BCUT2D eigenvalue weighted by atomic mass is 10.0. The summed E-state index contributed by atoms with van der Waals surface area (Å²) in [5, 5.41) is -0.0469. The van der Waals surface area contributed by atoms with E-state index in [9.17, 15) is 4.57 Å². The molecule has 0 spiro atoms. The van der Waals surface area contributed by atoms with Crippen LogP contribution < -0.4 is 5.30 Å². The Bertz CT molecular complexity index is 700. The molecule has 18 heavy (non-hydrogen) atoms. The van der Waals surface area contributed by atoms with Gasteiger partial charge in [0.05, 0.1) is 17.4 Å². The average Bonchev–Trinajstić information content (AvgIpc) is 2.49. The molecule has 0 bridgehead atoms. The lowest BCUT2D eigenvalue weighted by molar-refractivity contribution is 0.255. The highest BCUT2D eigenvalue weighted by Gasteiger charge is 2.37. The highest BCUT2D eigenvalue weighted by molar-refractivity contribution is 7.62. The zero-order valence-electron chi connectivity index (χ0n) is 14.8. The molecule has 98 valence electrons. The molecule has 1 aromatic carbocycles. The van der Waals surface area contributed by atoms with Gasteiger partial charge in [-0.1, -0.05) is 32.0 Å². The summed E-state index contributed by atoms with van der Waals surface area (Å²) in [6.07, 6.45) is 0.993. The minimum absolute atomic E-state index is 0.0469. The molecule has 0 saturated heterocycles. The SMILES string of the molecule is [2H]c1c([2H])c([2H])c2c(c1[2H])C(CC)=C(CC)OP2(=O)OCC. The van der Waals surface area contributed by atoms with Gasteiger partial charge in [0, 0.05) is 6.42 Å². The number of allylic oxidation sites excluding steroid dienone is 2. The Morgan fingerprint density at radius 3 is 2.61 bits per heavy atom. The van der Waals surface area contributed by atoms with Crippen molar-refractivity contribution >= 4 is 18.5 Å². The molecule has 1 heterocycles. The normalized spacial score (nSPS) is 25.7. The second-order valence-corrected chi connectivity index (χ2v) is 5.72. The Hall–Kier alpha value is -1.05. The second-order valence-electron chi connectivity index (χ2n) is 3.84. The van der Waals surface area contributed by atoms with E-state index in [1.165, 1.54) is 0 Å². The van der Waals surface area contributed by atoms with Gasteiger partial charge in [-0.3, -0.25) is 4.52 Å². The number of hydrogen-bond donors (Lipinski definition) is 0. The lowest BCUT2D eigenvalue weighted by Crippen LogP contribution is -2.20. The van der Waals surface area contributed by atoms with E-state index in [0.717, 1.165) is 0 Å². The minimum atomic E-state index is -3.81. The van der Waals surface area contributed by atoms with Crippen LogP contribution in [-0.2, 0) is 13.6 Å². The highest BCUT2D eigenvalue weighted by Crippen LogP contribution is 2.55. The third-order valence-electron chi connectivity index (χ3n) is 2.78. The van der Waals surface area contributed by atoms with Gasteiger partial charge >= 0.3 is 7.60 Å². The Morgan fingerprint density at radius 1 is 1.28 bits per heavy atom. The largest absolute Gasteiger partial charge is 0.425 e. The topological polar surface area (TPSA) is 35.5 Å². The van der Waals surface area contributed by atoms with E-state index in [0.29, 0.717) is 24.2 Å².